The van der Waals surface area contributed by atoms with Crippen molar-refractivity contribution < 1.29 is 14.3 Å². The van der Waals surface area contributed by atoms with Crippen molar-refractivity contribution in [2.45, 2.75) is 0 Å². The van der Waals surface area contributed by atoms with Gasteiger partial charge in [0.1, 0.15) is 5.75 Å². The Hall–Kier alpha value is -1.55. The zero-order chi connectivity index (χ0) is 11.3. The second kappa shape index (κ2) is 5.36. The predicted molar refractivity (Wildman–Crippen MR) is 56.4 cm³/mol. The van der Waals surface area contributed by atoms with Gasteiger partial charge in [0.15, 0.2) is 12.9 Å². The molecule has 0 unspecified atom stereocenters. The van der Waals surface area contributed by atoms with Crippen LogP contribution in [0.5, 0.6) is 5.75 Å². The summed E-state index contributed by atoms with van der Waals surface area (Å²) < 4.78 is 5.13. The molecule has 0 saturated carbocycles. The average Bonchev–Trinajstić information content (AvgIpc) is 2.25. The van der Waals surface area contributed by atoms with Gasteiger partial charge in [-0.1, -0.05) is 17.7 Å². The molecule has 0 spiro atoms. The van der Waals surface area contributed by atoms with Crippen LogP contribution >= 0.6 is 11.6 Å². The highest BCUT2D eigenvalue weighted by Gasteiger charge is 2.08. The number of ether oxygens (including phenoxy) is 1. The molecule has 0 aliphatic carbocycles. The standard InChI is InChI=1S/C10H10ClNO3/c1-12-10(14)6-15-9-4-2-3-8(11)7(9)5-13/h2-5H,6H2,1H3,(H,12,14). The predicted octanol–water partition coefficient (Wildman–Crippen LogP) is 1.28. The monoisotopic (exact) mass is 227 g/mol. The van der Waals surface area contributed by atoms with Crippen LogP contribution in [-0.4, -0.2) is 25.8 Å². The largest absolute Gasteiger partial charge is 0.483 e. The third-order valence-electron chi connectivity index (χ3n) is 1.77. The van der Waals surface area contributed by atoms with E-state index in [2.05, 4.69) is 5.32 Å². The van der Waals surface area contributed by atoms with Crippen LogP contribution in [0.3, 0.4) is 0 Å². The first-order chi connectivity index (χ1) is 7.19. The van der Waals surface area contributed by atoms with Crippen molar-refractivity contribution in [3.05, 3.63) is 28.8 Å². The van der Waals surface area contributed by atoms with Crippen LogP contribution in [-0.2, 0) is 4.79 Å². The molecule has 1 aromatic rings. The lowest BCUT2D eigenvalue weighted by molar-refractivity contribution is -0.122. The second-order valence-electron chi connectivity index (χ2n) is 2.73. The number of halogens is 1. The zero-order valence-corrected chi connectivity index (χ0v) is 8.88. The van der Waals surface area contributed by atoms with Gasteiger partial charge in [-0.15, -0.1) is 0 Å². The van der Waals surface area contributed by atoms with E-state index in [1.165, 1.54) is 7.05 Å². The molecule has 0 aromatic heterocycles. The second-order valence-corrected chi connectivity index (χ2v) is 3.14. The van der Waals surface area contributed by atoms with Crippen LogP contribution < -0.4 is 10.1 Å². The van der Waals surface area contributed by atoms with Crippen molar-refractivity contribution in [2.75, 3.05) is 13.7 Å². The van der Waals surface area contributed by atoms with E-state index in [1.807, 2.05) is 0 Å². The van der Waals surface area contributed by atoms with Crippen LogP contribution in [0, 0.1) is 0 Å². The molecule has 5 heteroatoms. The molecule has 0 radical (unpaired) electrons. The molecule has 0 atom stereocenters. The van der Waals surface area contributed by atoms with E-state index in [9.17, 15) is 9.59 Å². The van der Waals surface area contributed by atoms with E-state index < -0.39 is 0 Å². The highest BCUT2D eigenvalue weighted by molar-refractivity contribution is 6.33. The van der Waals surface area contributed by atoms with Gasteiger partial charge in [-0.2, -0.15) is 0 Å². The number of carbonyl (C=O) groups excluding carboxylic acids is 2. The SMILES string of the molecule is CNC(=O)COc1cccc(Cl)c1C=O. The molecule has 0 fully saturated rings. The van der Waals surface area contributed by atoms with Gasteiger partial charge in [-0.05, 0) is 12.1 Å². The first-order valence-electron chi connectivity index (χ1n) is 4.26. The number of amides is 1. The van der Waals surface area contributed by atoms with E-state index in [0.717, 1.165) is 0 Å². The van der Waals surface area contributed by atoms with Crippen molar-refractivity contribution in [1.29, 1.82) is 0 Å². The van der Waals surface area contributed by atoms with Crippen molar-refractivity contribution >= 4 is 23.8 Å². The van der Waals surface area contributed by atoms with Gasteiger partial charge >= 0.3 is 0 Å². The van der Waals surface area contributed by atoms with Gasteiger partial charge in [0.05, 0.1) is 10.6 Å². The summed E-state index contributed by atoms with van der Waals surface area (Å²) in [5.41, 5.74) is 0.253. The Morgan fingerprint density at radius 2 is 2.33 bits per heavy atom. The fraction of sp³-hybridized carbons (Fsp3) is 0.200. The Bertz CT molecular complexity index is 379. The number of hydrogen-bond donors (Lipinski definition) is 1. The van der Waals surface area contributed by atoms with Gasteiger partial charge in [0, 0.05) is 7.05 Å². The van der Waals surface area contributed by atoms with Crippen molar-refractivity contribution in [3.63, 3.8) is 0 Å². The zero-order valence-electron chi connectivity index (χ0n) is 8.12. The first-order valence-corrected chi connectivity index (χ1v) is 4.64. The topological polar surface area (TPSA) is 55.4 Å². The first kappa shape index (κ1) is 11.5. The number of carbonyl (C=O) groups is 2. The number of likely N-dealkylation sites (N-methyl/N-ethyl adjacent to an activating group) is 1. The van der Waals surface area contributed by atoms with Crippen LogP contribution in [0.4, 0.5) is 0 Å². The van der Waals surface area contributed by atoms with E-state index in [4.69, 9.17) is 16.3 Å². The minimum Gasteiger partial charge on any atom is -0.483 e. The Balaban J connectivity index is 2.80. The number of benzene rings is 1. The van der Waals surface area contributed by atoms with Gasteiger partial charge in [0.2, 0.25) is 0 Å². The maximum Gasteiger partial charge on any atom is 0.257 e. The molecular weight excluding hydrogens is 218 g/mol. The average molecular weight is 228 g/mol. The Labute approximate surface area is 92.2 Å². The summed E-state index contributed by atoms with van der Waals surface area (Å²) in [4.78, 5) is 21.6. The van der Waals surface area contributed by atoms with Crippen molar-refractivity contribution in [2.24, 2.45) is 0 Å². The van der Waals surface area contributed by atoms with Gasteiger partial charge in [0.25, 0.3) is 5.91 Å². The van der Waals surface area contributed by atoms with E-state index in [1.54, 1.807) is 18.2 Å². The third kappa shape index (κ3) is 2.95. The Morgan fingerprint density at radius 3 is 2.93 bits per heavy atom. The minimum absolute atomic E-state index is 0.141. The Kier molecular flexibility index (Phi) is 4.12. The summed E-state index contributed by atoms with van der Waals surface area (Å²) in [7, 11) is 1.50. The van der Waals surface area contributed by atoms with Gasteiger partial charge in [-0.25, -0.2) is 0 Å². The molecule has 0 aliphatic heterocycles. The number of nitrogens with one attached hydrogen (secondary N) is 1. The highest BCUT2D eigenvalue weighted by atomic mass is 35.5. The number of hydrogen-bond acceptors (Lipinski definition) is 3. The maximum absolute atomic E-state index is 10.9. The lowest BCUT2D eigenvalue weighted by atomic mass is 10.2. The quantitative estimate of drug-likeness (QED) is 0.789. The molecule has 0 aliphatic rings. The molecule has 0 bridgehead atoms. The summed E-state index contributed by atoms with van der Waals surface area (Å²) in [6.07, 6.45) is 0.599. The molecular formula is C10H10ClNO3. The summed E-state index contributed by atoms with van der Waals surface area (Å²) in [6.45, 7) is -0.141. The number of aldehydes is 1. The fourth-order valence-corrected chi connectivity index (χ4v) is 1.18. The summed E-state index contributed by atoms with van der Waals surface area (Å²) in [5, 5.41) is 2.71. The van der Waals surface area contributed by atoms with E-state index >= 15 is 0 Å². The smallest absolute Gasteiger partial charge is 0.257 e. The summed E-state index contributed by atoms with van der Waals surface area (Å²) in [5.74, 6) is 0.0351. The van der Waals surface area contributed by atoms with Crippen LogP contribution in [0.1, 0.15) is 10.4 Å². The van der Waals surface area contributed by atoms with E-state index in [-0.39, 0.29) is 18.1 Å². The molecule has 0 heterocycles. The van der Waals surface area contributed by atoms with Crippen molar-refractivity contribution in [1.82, 2.24) is 5.32 Å². The Morgan fingerprint density at radius 1 is 1.60 bits per heavy atom. The fourth-order valence-electron chi connectivity index (χ4n) is 0.973. The van der Waals surface area contributed by atoms with Crippen LogP contribution in [0.25, 0.3) is 0 Å². The summed E-state index contributed by atoms with van der Waals surface area (Å²) in [6, 6.07) is 4.81. The van der Waals surface area contributed by atoms with Crippen LogP contribution in [0.2, 0.25) is 5.02 Å². The van der Waals surface area contributed by atoms with Crippen LogP contribution in [0.15, 0.2) is 18.2 Å². The molecule has 0 saturated heterocycles. The highest BCUT2D eigenvalue weighted by Crippen LogP contribution is 2.24. The minimum atomic E-state index is -0.271. The molecule has 1 rings (SSSR count). The maximum atomic E-state index is 10.9. The van der Waals surface area contributed by atoms with Gasteiger partial charge < -0.3 is 10.1 Å². The van der Waals surface area contributed by atoms with E-state index in [0.29, 0.717) is 17.1 Å². The lowest BCUT2D eigenvalue weighted by Crippen LogP contribution is -2.25. The number of rotatable bonds is 4. The van der Waals surface area contributed by atoms with Crippen molar-refractivity contribution in [3.8, 4) is 5.75 Å². The molecule has 80 valence electrons. The molecule has 15 heavy (non-hydrogen) atoms. The normalized spacial score (nSPS) is 9.47. The molecule has 4 nitrogen and oxygen atoms in total. The molecule has 1 amide bonds. The molecule has 1 N–H and O–H groups in total. The lowest BCUT2D eigenvalue weighted by Gasteiger charge is -2.07. The van der Waals surface area contributed by atoms with Gasteiger partial charge in [-0.3, -0.25) is 9.59 Å². The summed E-state index contributed by atoms with van der Waals surface area (Å²) >= 11 is 5.77. The molecule has 1 aromatic carbocycles. The third-order valence-corrected chi connectivity index (χ3v) is 2.10.